The van der Waals surface area contributed by atoms with E-state index in [1.165, 1.54) is 29.6 Å². The van der Waals surface area contributed by atoms with Crippen molar-refractivity contribution in [1.29, 1.82) is 0 Å². The highest BCUT2D eigenvalue weighted by atomic mass is 32.1. The van der Waals surface area contributed by atoms with Crippen LogP contribution in [-0.4, -0.2) is 57.1 Å². The highest BCUT2D eigenvalue weighted by Crippen LogP contribution is 2.33. The van der Waals surface area contributed by atoms with Crippen molar-refractivity contribution in [1.82, 2.24) is 14.9 Å². The van der Waals surface area contributed by atoms with Gasteiger partial charge in [0.2, 0.25) is 5.91 Å². The summed E-state index contributed by atoms with van der Waals surface area (Å²) < 4.78 is 4.80. The molecule has 0 spiro atoms. The van der Waals surface area contributed by atoms with Gasteiger partial charge in [-0.2, -0.15) is 0 Å². The molecule has 2 aromatic rings. The van der Waals surface area contributed by atoms with Crippen LogP contribution in [0.25, 0.3) is 10.6 Å². The fourth-order valence-electron chi connectivity index (χ4n) is 2.81. The predicted octanol–water partition coefficient (Wildman–Crippen LogP) is 2.83. The van der Waals surface area contributed by atoms with E-state index in [0.29, 0.717) is 35.2 Å². The average molecular weight is 410 g/mol. The van der Waals surface area contributed by atoms with E-state index in [0.717, 1.165) is 10.6 Å². The van der Waals surface area contributed by atoms with Crippen molar-refractivity contribution in [3.63, 3.8) is 0 Å². The summed E-state index contributed by atoms with van der Waals surface area (Å²) in [5, 5.41) is 14.0. The predicted molar refractivity (Wildman–Crippen MR) is 100 cm³/mol. The van der Waals surface area contributed by atoms with Crippen LogP contribution in [0.1, 0.15) is 35.3 Å². The van der Waals surface area contributed by atoms with E-state index in [9.17, 15) is 14.4 Å². The fraction of sp³-hybridized carbons (Fsp3) is 0.438. The summed E-state index contributed by atoms with van der Waals surface area (Å²) >= 11 is 2.52. The fourth-order valence-corrected chi connectivity index (χ4v) is 4.63. The second-order valence-corrected chi connectivity index (χ2v) is 7.91. The molecule has 1 fully saturated rings. The van der Waals surface area contributed by atoms with Gasteiger partial charge in [0, 0.05) is 18.8 Å². The number of nitrogens with one attached hydrogen (secondary N) is 1. The molecule has 1 unspecified atom stereocenters. The number of thiazole rings is 2. The zero-order chi connectivity index (χ0) is 19.6. The van der Waals surface area contributed by atoms with Crippen molar-refractivity contribution >= 4 is 45.8 Å². The Balaban J connectivity index is 1.73. The summed E-state index contributed by atoms with van der Waals surface area (Å²) in [7, 11) is 0. The third-order valence-corrected chi connectivity index (χ3v) is 5.86. The van der Waals surface area contributed by atoms with E-state index < -0.39 is 12.3 Å². The number of rotatable bonds is 4. The van der Waals surface area contributed by atoms with E-state index in [2.05, 4.69) is 15.3 Å². The maximum atomic E-state index is 12.7. The van der Waals surface area contributed by atoms with Crippen molar-refractivity contribution < 1.29 is 24.2 Å². The molecule has 1 aliphatic heterocycles. The number of piperidine rings is 1. The Morgan fingerprint density at radius 3 is 2.85 bits per heavy atom. The molecule has 3 heterocycles. The molecule has 27 heavy (non-hydrogen) atoms. The van der Waals surface area contributed by atoms with E-state index in [-0.39, 0.29) is 18.4 Å². The van der Waals surface area contributed by atoms with Crippen LogP contribution in [0.15, 0.2) is 5.38 Å². The van der Waals surface area contributed by atoms with Crippen LogP contribution < -0.4 is 5.32 Å². The molecule has 3 rings (SSSR count). The minimum Gasteiger partial charge on any atom is -0.450 e. The first-order chi connectivity index (χ1) is 12.8. The number of aromatic nitrogens is 2. The normalized spacial score (nSPS) is 16.8. The van der Waals surface area contributed by atoms with E-state index in [1.807, 2.05) is 6.92 Å². The Morgan fingerprint density at radius 1 is 1.37 bits per heavy atom. The van der Waals surface area contributed by atoms with E-state index in [4.69, 9.17) is 9.84 Å². The molecule has 0 aliphatic carbocycles. The maximum absolute atomic E-state index is 12.7. The number of nitrogens with zero attached hydrogens (tertiary/aromatic N) is 3. The number of carbonyl (C=O) groups is 3. The van der Waals surface area contributed by atoms with E-state index >= 15 is 0 Å². The number of amides is 2. The Bertz CT molecular complexity index is 878. The van der Waals surface area contributed by atoms with Crippen molar-refractivity contribution in [2.24, 2.45) is 0 Å². The second-order valence-electron chi connectivity index (χ2n) is 6.05. The maximum Gasteiger partial charge on any atom is 0.506 e. The van der Waals surface area contributed by atoms with Gasteiger partial charge in [0.05, 0.1) is 22.8 Å². The van der Waals surface area contributed by atoms with Crippen LogP contribution in [0.2, 0.25) is 0 Å². The minimum atomic E-state index is -1.33. The van der Waals surface area contributed by atoms with Crippen LogP contribution in [0.5, 0.6) is 0 Å². The number of carboxylic acid groups (broad SMARTS) is 1. The van der Waals surface area contributed by atoms with Crippen LogP contribution in [0, 0.1) is 6.92 Å². The second kappa shape index (κ2) is 8.01. The number of likely N-dealkylation sites (tertiary alicyclic amines) is 1. The molecule has 1 atom stereocenters. The Labute approximate surface area is 163 Å². The lowest BCUT2D eigenvalue weighted by molar-refractivity contribution is -0.114. The van der Waals surface area contributed by atoms with Crippen molar-refractivity contribution in [3.8, 4) is 10.6 Å². The Hall–Kier alpha value is -2.53. The first-order valence-electron chi connectivity index (χ1n) is 8.23. The van der Waals surface area contributed by atoms with Gasteiger partial charge in [-0.05, 0) is 19.8 Å². The van der Waals surface area contributed by atoms with Crippen LogP contribution in [0.3, 0.4) is 0 Å². The van der Waals surface area contributed by atoms with Crippen molar-refractivity contribution in [3.05, 3.63) is 16.1 Å². The smallest absolute Gasteiger partial charge is 0.450 e. The molecular formula is C16H18N4O5S2. The lowest BCUT2D eigenvalue weighted by atomic mass is 10.1. The molecule has 2 N–H and O–H groups in total. The molecule has 0 aromatic carbocycles. The van der Waals surface area contributed by atoms with Crippen LogP contribution in [-0.2, 0) is 9.53 Å². The van der Waals surface area contributed by atoms with Gasteiger partial charge in [0.25, 0.3) is 5.91 Å². The molecule has 11 heteroatoms. The minimum absolute atomic E-state index is 0.201. The van der Waals surface area contributed by atoms with Gasteiger partial charge < -0.3 is 20.1 Å². The zero-order valence-electron chi connectivity index (χ0n) is 14.7. The van der Waals surface area contributed by atoms with Crippen LogP contribution in [0.4, 0.5) is 9.93 Å². The van der Waals surface area contributed by atoms with Gasteiger partial charge in [-0.15, -0.1) is 11.3 Å². The highest BCUT2D eigenvalue weighted by molar-refractivity contribution is 7.19. The number of anilines is 1. The molecule has 0 bridgehead atoms. The number of hydrogen-bond acceptors (Lipinski definition) is 8. The summed E-state index contributed by atoms with van der Waals surface area (Å²) in [6, 6.07) is 0. The summed E-state index contributed by atoms with van der Waals surface area (Å²) in [4.78, 5) is 45.7. The molecule has 9 nitrogen and oxygen atoms in total. The molecule has 0 saturated carbocycles. The molecular weight excluding hydrogens is 392 g/mol. The first-order valence-corrected chi connectivity index (χ1v) is 9.93. The summed E-state index contributed by atoms with van der Waals surface area (Å²) in [5.74, 6) is -0.443. The first kappa shape index (κ1) is 19.2. The van der Waals surface area contributed by atoms with Gasteiger partial charge in [0.1, 0.15) is 6.10 Å². The Morgan fingerprint density at radius 2 is 2.15 bits per heavy atom. The monoisotopic (exact) mass is 410 g/mol. The lowest BCUT2D eigenvalue weighted by Gasteiger charge is -2.31. The summed E-state index contributed by atoms with van der Waals surface area (Å²) in [6.45, 7) is 4.00. The standard InChI is InChI=1S/C16H18N4O5S2/c1-8-12(27-15(17-8)18-9(2)21)11-7-26-13(19-11)14(22)20-5-3-4-10(6-20)25-16(23)24/h7,10H,3-6H2,1-2H3,(H,23,24)(H,17,18,21). The van der Waals surface area contributed by atoms with Gasteiger partial charge in [-0.25, -0.2) is 14.8 Å². The van der Waals surface area contributed by atoms with Crippen molar-refractivity contribution in [2.75, 3.05) is 18.4 Å². The Kier molecular flexibility index (Phi) is 5.71. The average Bonchev–Trinajstić information content (AvgIpc) is 3.20. The quantitative estimate of drug-likeness (QED) is 0.743. The topological polar surface area (TPSA) is 122 Å². The molecule has 1 aliphatic rings. The number of carbonyl (C=O) groups excluding carboxylic acids is 2. The van der Waals surface area contributed by atoms with Gasteiger partial charge in [-0.3, -0.25) is 9.59 Å². The SMILES string of the molecule is CC(=O)Nc1nc(C)c(-c2csc(C(=O)N3CCCC(OC(=O)O)C3)n2)s1. The number of aryl methyl sites for hydroxylation is 1. The summed E-state index contributed by atoms with van der Waals surface area (Å²) in [5.41, 5.74) is 1.35. The molecule has 1 saturated heterocycles. The molecule has 144 valence electrons. The van der Waals surface area contributed by atoms with Crippen molar-refractivity contribution in [2.45, 2.75) is 32.8 Å². The number of hydrogen-bond donors (Lipinski definition) is 2. The van der Waals surface area contributed by atoms with E-state index in [1.54, 1.807) is 10.3 Å². The number of ether oxygens (including phenoxy) is 1. The third kappa shape index (κ3) is 4.61. The molecule has 2 amide bonds. The highest BCUT2D eigenvalue weighted by Gasteiger charge is 2.28. The van der Waals surface area contributed by atoms with Gasteiger partial charge in [0.15, 0.2) is 10.1 Å². The molecule has 0 radical (unpaired) electrons. The molecule has 2 aromatic heterocycles. The largest absolute Gasteiger partial charge is 0.506 e. The van der Waals surface area contributed by atoms with Gasteiger partial charge >= 0.3 is 6.16 Å². The zero-order valence-corrected chi connectivity index (χ0v) is 16.4. The van der Waals surface area contributed by atoms with Gasteiger partial charge in [-0.1, -0.05) is 11.3 Å². The summed E-state index contributed by atoms with van der Waals surface area (Å²) in [6.07, 6.45) is -0.564. The third-order valence-electron chi connectivity index (χ3n) is 3.93. The lowest BCUT2D eigenvalue weighted by Crippen LogP contribution is -2.43. The van der Waals surface area contributed by atoms with Crippen LogP contribution >= 0.6 is 22.7 Å².